The van der Waals surface area contributed by atoms with Gasteiger partial charge >= 0.3 is 5.97 Å². The van der Waals surface area contributed by atoms with Crippen molar-refractivity contribution in [2.45, 2.75) is 24.7 Å². The molecular formula is C13H16O4S. The van der Waals surface area contributed by atoms with Gasteiger partial charge in [-0.2, -0.15) is 0 Å². The lowest BCUT2D eigenvalue weighted by Gasteiger charge is -2.06. The predicted molar refractivity (Wildman–Crippen MR) is 69.6 cm³/mol. The quantitative estimate of drug-likeness (QED) is 0.635. The number of aryl methyl sites for hydroxylation is 1. The molecule has 0 aliphatic heterocycles. The van der Waals surface area contributed by atoms with E-state index in [1.165, 1.54) is 18.2 Å². The number of hydrogen-bond acceptors (Lipinski definition) is 3. The van der Waals surface area contributed by atoms with Gasteiger partial charge in [-0.05, 0) is 37.5 Å². The van der Waals surface area contributed by atoms with Gasteiger partial charge in [-0.1, -0.05) is 12.1 Å². The lowest BCUT2D eigenvalue weighted by molar-refractivity contribution is 0.0696. The van der Waals surface area contributed by atoms with E-state index in [-0.39, 0.29) is 16.2 Å². The minimum Gasteiger partial charge on any atom is -0.478 e. The molecule has 0 unspecified atom stereocenters. The summed E-state index contributed by atoms with van der Waals surface area (Å²) in [6.07, 6.45) is 2.77. The van der Waals surface area contributed by atoms with Crippen LogP contribution in [-0.4, -0.2) is 25.2 Å². The Bertz CT molecular complexity index is 558. The molecule has 4 nitrogen and oxygen atoms in total. The Hall–Kier alpha value is -1.62. The number of unbranched alkanes of at least 4 members (excludes halogenated alkanes) is 1. The highest BCUT2D eigenvalue weighted by atomic mass is 32.2. The van der Waals surface area contributed by atoms with Crippen LogP contribution >= 0.6 is 0 Å². The second-order valence-corrected chi connectivity index (χ2v) is 6.14. The van der Waals surface area contributed by atoms with Crippen LogP contribution in [0.2, 0.25) is 0 Å². The van der Waals surface area contributed by atoms with E-state index >= 15 is 0 Å². The fourth-order valence-electron chi connectivity index (χ4n) is 1.56. The minimum absolute atomic E-state index is 0.00113. The molecule has 98 valence electrons. The second-order valence-electron chi connectivity index (χ2n) is 4.03. The Morgan fingerprint density at radius 1 is 1.44 bits per heavy atom. The summed E-state index contributed by atoms with van der Waals surface area (Å²) in [7, 11) is -3.42. The highest BCUT2D eigenvalue weighted by Crippen LogP contribution is 2.18. The van der Waals surface area contributed by atoms with Crippen LogP contribution in [0.1, 0.15) is 28.8 Å². The van der Waals surface area contributed by atoms with Crippen LogP contribution in [0.4, 0.5) is 0 Å². The van der Waals surface area contributed by atoms with E-state index in [0.717, 1.165) is 0 Å². The van der Waals surface area contributed by atoms with Gasteiger partial charge in [0, 0.05) is 0 Å². The van der Waals surface area contributed by atoms with Gasteiger partial charge in [0.05, 0.1) is 16.2 Å². The summed E-state index contributed by atoms with van der Waals surface area (Å²) in [6.45, 7) is 5.17. The molecule has 1 aromatic carbocycles. The molecule has 0 heterocycles. The number of rotatable bonds is 6. The maximum Gasteiger partial charge on any atom is 0.335 e. The van der Waals surface area contributed by atoms with Gasteiger partial charge in [0.2, 0.25) is 0 Å². The van der Waals surface area contributed by atoms with Gasteiger partial charge in [0.1, 0.15) is 0 Å². The number of sulfone groups is 1. The van der Waals surface area contributed by atoms with Crippen LogP contribution in [0.15, 0.2) is 35.7 Å². The van der Waals surface area contributed by atoms with Gasteiger partial charge < -0.3 is 5.11 Å². The number of benzene rings is 1. The number of carboxylic acids is 1. The van der Waals surface area contributed by atoms with E-state index in [1.807, 2.05) is 0 Å². The molecule has 0 amide bonds. The Morgan fingerprint density at radius 2 is 2.11 bits per heavy atom. The van der Waals surface area contributed by atoms with Crippen molar-refractivity contribution in [3.8, 4) is 0 Å². The number of aromatic carboxylic acids is 1. The Labute approximate surface area is 107 Å². The maximum absolute atomic E-state index is 12.0. The topological polar surface area (TPSA) is 71.4 Å². The molecule has 0 saturated carbocycles. The standard InChI is InChI=1S/C13H16O4S/c1-3-4-5-8-18(16,17)11-7-6-10(2)12(9-11)13(14)15/h3,6-7,9H,1,4-5,8H2,2H3,(H,14,15). The Morgan fingerprint density at radius 3 is 2.67 bits per heavy atom. The average molecular weight is 268 g/mol. The molecule has 0 spiro atoms. The Balaban J connectivity index is 3.06. The SMILES string of the molecule is C=CCCCS(=O)(=O)c1ccc(C)c(C(=O)O)c1. The first-order valence-electron chi connectivity index (χ1n) is 5.56. The smallest absolute Gasteiger partial charge is 0.335 e. The summed E-state index contributed by atoms with van der Waals surface area (Å²) in [4.78, 5) is 11.0. The zero-order valence-electron chi connectivity index (χ0n) is 10.2. The fourth-order valence-corrected chi connectivity index (χ4v) is 2.92. The van der Waals surface area contributed by atoms with E-state index in [4.69, 9.17) is 5.11 Å². The third kappa shape index (κ3) is 3.43. The summed E-state index contributed by atoms with van der Waals surface area (Å²) in [6, 6.07) is 4.19. The van der Waals surface area contributed by atoms with Crippen LogP contribution < -0.4 is 0 Å². The van der Waals surface area contributed by atoms with Crippen molar-refractivity contribution >= 4 is 15.8 Å². The summed E-state index contributed by atoms with van der Waals surface area (Å²) in [5, 5.41) is 8.96. The third-order valence-corrected chi connectivity index (χ3v) is 4.42. The molecule has 18 heavy (non-hydrogen) atoms. The van der Waals surface area contributed by atoms with Crippen LogP contribution in [0.3, 0.4) is 0 Å². The van der Waals surface area contributed by atoms with E-state index in [0.29, 0.717) is 18.4 Å². The first-order chi connectivity index (χ1) is 8.38. The van der Waals surface area contributed by atoms with E-state index < -0.39 is 15.8 Å². The largest absolute Gasteiger partial charge is 0.478 e. The molecule has 0 saturated heterocycles. The normalized spacial score (nSPS) is 11.2. The van der Waals surface area contributed by atoms with E-state index in [2.05, 4.69) is 6.58 Å². The number of carboxylic acid groups (broad SMARTS) is 1. The highest BCUT2D eigenvalue weighted by Gasteiger charge is 2.17. The zero-order valence-corrected chi connectivity index (χ0v) is 11.0. The van der Waals surface area contributed by atoms with Crippen molar-refractivity contribution in [3.63, 3.8) is 0 Å². The lowest BCUT2D eigenvalue weighted by Crippen LogP contribution is -2.09. The van der Waals surface area contributed by atoms with Crippen LogP contribution in [0, 0.1) is 6.92 Å². The second kappa shape index (κ2) is 5.82. The molecule has 0 aromatic heterocycles. The molecule has 1 N–H and O–H groups in total. The number of carbonyl (C=O) groups is 1. The van der Waals surface area contributed by atoms with Gasteiger partial charge in [-0.15, -0.1) is 6.58 Å². The molecule has 0 atom stereocenters. The highest BCUT2D eigenvalue weighted by molar-refractivity contribution is 7.91. The van der Waals surface area contributed by atoms with Gasteiger partial charge in [-0.3, -0.25) is 0 Å². The van der Waals surface area contributed by atoms with Crippen molar-refractivity contribution in [3.05, 3.63) is 42.0 Å². The third-order valence-electron chi connectivity index (χ3n) is 2.62. The van der Waals surface area contributed by atoms with Crippen molar-refractivity contribution in [2.24, 2.45) is 0 Å². The van der Waals surface area contributed by atoms with Crippen molar-refractivity contribution in [2.75, 3.05) is 5.75 Å². The molecule has 0 fully saturated rings. The first kappa shape index (κ1) is 14.4. The van der Waals surface area contributed by atoms with Gasteiger partial charge in [-0.25, -0.2) is 13.2 Å². The van der Waals surface area contributed by atoms with E-state index in [9.17, 15) is 13.2 Å². The summed E-state index contributed by atoms with van der Waals surface area (Å²) in [5.74, 6) is -1.11. The summed E-state index contributed by atoms with van der Waals surface area (Å²) >= 11 is 0. The lowest BCUT2D eigenvalue weighted by atomic mass is 10.1. The molecule has 0 bridgehead atoms. The van der Waals surface area contributed by atoms with Crippen molar-refractivity contribution in [1.82, 2.24) is 0 Å². The molecule has 0 radical (unpaired) electrons. The van der Waals surface area contributed by atoms with Crippen molar-refractivity contribution < 1.29 is 18.3 Å². The molecule has 1 aromatic rings. The molecule has 0 aliphatic carbocycles. The predicted octanol–water partition coefficient (Wildman–Crippen LogP) is 2.43. The fraction of sp³-hybridized carbons (Fsp3) is 0.308. The summed E-state index contributed by atoms with van der Waals surface area (Å²) in [5.41, 5.74) is 0.576. The summed E-state index contributed by atoms with van der Waals surface area (Å²) < 4.78 is 23.9. The first-order valence-corrected chi connectivity index (χ1v) is 7.21. The van der Waals surface area contributed by atoms with Crippen LogP contribution in [0.25, 0.3) is 0 Å². The van der Waals surface area contributed by atoms with Gasteiger partial charge in [0.25, 0.3) is 0 Å². The average Bonchev–Trinajstić information content (AvgIpc) is 2.29. The van der Waals surface area contributed by atoms with Gasteiger partial charge in [0.15, 0.2) is 9.84 Å². The monoisotopic (exact) mass is 268 g/mol. The minimum atomic E-state index is -3.42. The zero-order chi connectivity index (χ0) is 13.8. The van der Waals surface area contributed by atoms with Crippen molar-refractivity contribution in [1.29, 1.82) is 0 Å². The van der Waals surface area contributed by atoms with Crippen LogP contribution in [0.5, 0.6) is 0 Å². The molecule has 1 rings (SSSR count). The molecule has 5 heteroatoms. The van der Waals surface area contributed by atoms with E-state index in [1.54, 1.807) is 13.0 Å². The maximum atomic E-state index is 12.0. The molecular weight excluding hydrogens is 252 g/mol. The number of hydrogen-bond donors (Lipinski definition) is 1. The molecule has 0 aliphatic rings. The van der Waals surface area contributed by atoms with Crippen LogP contribution in [-0.2, 0) is 9.84 Å². The Kier molecular flexibility index (Phi) is 4.67. The number of allylic oxidation sites excluding steroid dienone is 1.